The summed E-state index contributed by atoms with van der Waals surface area (Å²) in [5.74, 6) is 1.48. The van der Waals surface area contributed by atoms with Gasteiger partial charge in [0.05, 0.1) is 12.7 Å². The number of ether oxygens (including phenoxy) is 1. The third-order valence-corrected chi connectivity index (χ3v) is 4.13. The van der Waals surface area contributed by atoms with Gasteiger partial charge in [0.2, 0.25) is 0 Å². The van der Waals surface area contributed by atoms with E-state index in [0.29, 0.717) is 17.5 Å². The fraction of sp³-hybridized carbons (Fsp3) is 0.250. The van der Waals surface area contributed by atoms with Gasteiger partial charge in [-0.1, -0.05) is 19.9 Å². The predicted octanol–water partition coefficient (Wildman–Crippen LogP) is 4.80. The number of carbonyl (C=O) groups is 1. The van der Waals surface area contributed by atoms with Crippen molar-refractivity contribution < 1.29 is 13.9 Å². The zero-order valence-electron chi connectivity index (χ0n) is 13.7. The molecule has 0 fully saturated rings. The summed E-state index contributed by atoms with van der Waals surface area (Å²) in [5, 5.41) is 0.905. The van der Waals surface area contributed by atoms with E-state index in [1.807, 2.05) is 19.1 Å². The standard InChI is InChI=1S/C20H20O3/c1-4-13-6-11-18-16(12-13)19(17(5-2)23-18)20(21)14-7-9-15(22-3)10-8-14/h6-12H,4-5H2,1-3H3. The monoisotopic (exact) mass is 308 g/mol. The lowest BCUT2D eigenvalue weighted by Gasteiger charge is -2.04. The van der Waals surface area contributed by atoms with Crippen molar-refractivity contribution in [3.8, 4) is 5.75 Å². The second-order valence-electron chi connectivity index (χ2n) is 5.50. The van der Waals surface area contributed by atoms with Crippen molar-refractivity contribution in [3.05, 3.63) is 64.9 Å². The Balaban J connectivity index is 2.14. The van der Waals surface area contributed by atoms with Crippen LogP contribution >= 0.6 is 0 Å². The van der Waals surface area contributed by atoms with E-state index in [1.165, 1.54) is 5.56 Å². The van der Waals surface area contributed by atoms with Crippen LogP contribution in [0, 0.1) is 0 Å². The van der Waals surface area contributed by atoms with Gasteiger partial charge >= 0.3 is 0 Å². The van der Waals surface area contributed by atoms with Crippen LogP contribution < -0.4 is 4.74 Å². The highest BCUT2D eigenvalue weighted by atomic mass is 16.5. The van der Waals surface area contributed by atoms with Gasteiger partial charge in [0.1, 0.15) is 17.1 Å². The minimum Gasteiger partial charge on any atom is -0.497 e. The molecule has 0 radical (unpaired) electrons. The van der Waals surface area contributed by atoms with E-state index in [2.05, 4.69) is 13.0 Å². The topological polar surface area (TPSA) is 39.4 Å². The zero-order valence-corrected chi connectivity index (χ0v) is 13.7. The summed E-state index contributed by atoms with van der Waals surface area (Å²) in [4.78, 5) is 13.0. The average molecular weight is 308 g/mol. The summed E-state index contributed by atoms with van der Waals surface area (Å²) in [6, 6.07) is 13.3. The largest absolute Gasteiger partial charge is 0.497 e. The number of aryl methyl sites for hydroxylation is 2. The Labute approximate surface area is 135 Å². The highest BCUT2D eigenvalue weighted by Gasteiger charge is 2.21. The van der Waals surface area contributed by atoms with Gasteiger partial charge in [0, 0.05) is 17.4 Å². The van der Waals surface area contributed by atoms with Crippen molar-refractivity contribution in [3.63, 3.8) is 0 Å². The molecule has 3 heteroatoms. The molecular weight excluding hydrogens is 288 g/mol. The van der Waals surface area contributed by atoms with Crippen molar-refractivity contribution in [1.82, 2.24) is 0 Å². The molecule has 1 heterocycles. The Morgan fingerprint density at radius 3 is 2.39 bits per heavy atom. The van der Waals surface area contributed by atoms with Gasteiger partial charge in [-0.3, -0.25) is 4.79 Å². The SMILES string of the molecule is CCc1ccc2oc(CC)c(C(=O)c3ccc(OC)cc3)c2c1. The summed E-state index contributed by atoms with van der Waals surface area (Å²) in [6.45, 7) is 4.11. The fourth-order valence-electron chi connectivity index (χ4n) is 2.80. The zero-order chi connectivity index (χ0) is 16.4. The molecule has 0 aliphatic carbocycles. The van der Waals surface area contributed by atoms with Crippen LogP contribution in [0.5, 0.6) is 5.75 Å². The first kappa shape index (κ1) is 15.3. The van der Waals surface area contributed by atoms with E-state index < -0.39 is 0 Å². The highest BCUT2D eigenvalue weighted by Crippen LogP contribution is 2.30. The van der Waals surface area contributed by atoms with Gasteiger partial charge in [-0.25, -0.2) is 0 Å². The summed E-state index contributed by atoms with van der Waals surface area (Å²) in [6.07, 6.45) is 1.62. The molecule has 0 atom stereocenters. The van der Waals surface area contributed by atoms with Crippen LogP contribution in [-0.2, 0) is 12.8 Å². The molecule has 3 aromatic rings. The summed E-state index contributed by atoms with van der Waals surface area (Å²) < 4.78 is 11.0. The molecule has 0 aliphatic heterocycles. The van der Waals surface area contributed by atoms with Crippen molar-refractivity contribution in [2.75, 3.05) is 7.11 Å². The van der Waals surface area contributed by atoms with Crippen LogP contribution in [0.25, 0.3) is 11.0 Å². The molecule has 3 rings (SSSR count). The molecule has 3 nitrogen and oxygen atoms in total. The van der Waals surface area contributed by atoms with Gasteiger partial charge in [-0.05, 0) is 48.4 Å². The Hall–Kier alpha value is -2.55. The third kappa shape index (κ3) is 2.74. The van der Waals surface area contributed by atoms with E-state index in [1.54, 1.807) is 31.4 Å². The van der Waals surface area contributed by atoms with Crippen molar-refractivity contribution in [2.45, 2.75) is 26.7 Å². The molecule has 1 aromatic heterocycles. The van der Waals surface area contributed by atoms with E-state index in [4.69, 9.17) is 9.15 Å². The Kier molecular flexibility index (Phi) is 4.20. The molecule has 118 valence electrons. The molecular formula is C20H20O3. The summed E-state index contributed by atoms with van der Waals surface area (Å²) in [5.41, 5.74) is 3.30. The van der Waals surface area contributed by atoms with E-state index >= 15 is 0 Å². The van der Waals surface area contributed by atoms with Crippen LogP contribution in [0.2, 0.25) is 0 Å². The molecule has 0 amide bonds. The Bertz CT molecular complexity index is 841. The van der Waals surface area contributed by atoms with E-state index in [9.17, 15) is 4.79 Å². The van der Waals surface area contributed by atoms with E-state index in [0.717, 1.165) is 28.9 Å². The maximum atomic E-state index is 13.0. The van der Waals surface area contributed by atoms with Crippen molar-refractivity contribution in [2.24, 2.45) is 0 Å². The smallest absolute Gasteiger partial charge is 0.197 e. The predicted molar refractivity (Wildman–Crippen MR) is 91.4 cm³/mol. The number of hydrogen-bond acceptors (Lipinski definition) is 3. The quantitative estimate of drug-likeness (QED) is 0.636. The number of ketones is 1. The first-order valence-corrected chi connectivity index (χ1v) is 7.91. The molecule has 0 N–H and O–H groups in total. The minimum atomic E-state index is -0.00324. The third-order valence-electron chi connectivity index (χ3n) is 4.13. The maximum Gasteiger partial charge on any atom is 0.197 e. The number of hydrogen-bond donors (Lipinski definition) is 0. The summed E-state index contributed by atoms with van der Waals surface area (Å²) in [7, 11) is 1.61. The van der Waals surface area contributed by atoms with E-state index in [-0.39, 0.29) is 5.78 Å². The van der Waals surface area contributed by atoms with Crippen LogP contribution in [-0.4, -0.2) is 12.9 Å². The van der Waals surface area contributed by atoms with Crippen LogP contribution in [0.1, 0.15) is 41.1 Å². The van der Waals surface area contributed by atoms with Crippen molar-refractivity contribution in [1.29, 1.82) is 0 Å². The van der Waals surface area contributed by atoms with Crippen LogP contribution in [0.4, 0.5) is 0 Å². The Morgan fingerprint density at radius 2 is 1.78 bits per heavy atom. The second-order valence-corrected chi connectivity index (χ2v) is 5.50. The number of furan rings is 1. The lowest BCUT2D eigenvalue weighted by Crippen LogP contribution is -2.03. The first-order chi connectivity index (χ1) is 11.2. The molecule has 2 aromatic carbocycles. The second kappa shape index (κ2) is 6.29. The molecule has 0 bridgehead atoms. The fourth-order valence-corrected chi connectivity index (χ4v) is 2.80. The molecule has 0 saturated carbocycles. The average Bonchev–Trinajstić information content (AvgIpc) is 2.98. The van der Waals surface area contributed by atoms with Gasteiger partial charge in [-0.15, -0.1) is 0 Å². The Morgan fingerprint density at radius 1 is 1.04 bits per heavy atom. The minimum absolute atomic E-state index is 0.00324. The summed E-state index contributed by atoms with van der Waals surface area (Å²) >= 11 is 0. The molecule has 0 aliphatic rings. The number of fused-ring (bicyclic) bond motifs is 1. The number of carbonyl (C=O) groups excluding carboxylic acids is 1. The highest BCUT2D eigenvalue weighted by molar-refractivity contribution is 6.17. The lowest BCUT2D eigenvalue weighted by molar-refractivity contribution is 0.103. The maximum absolute atomic E-state index is 13.0. The van der Waals surface area contributed by atoms with Gasteiger partial charge in [-0.2, -0.15) is 0 Å². The van der Waals surface area contributed by atoms with Crippen molar-refractivity contribution >= 4 is 16.8 Å². The van der Waals surface area contributed by atoms with Gasteiger partial charge < -0.3 is 9.15 Å². The van der Waals surface area contributed by atoms with Gasteiger partial charge in [0.25, 0.3) is 0 Å². The molecule has 23 heavy (non-hydrogen) atoms. The number of benzene rings is 2. The van der Waals surface area contributed by atoms with Gasteiger partial charge in [0.15, 0.2) is 5.78 Å². The lowest BCUT2D eigenvalue weighted by atomic mass is 9.98. The van der Waals surface area contributed by atoms with Crippen LogP contribution in [0.3, 0.4) is 0 Å². The molecule has 0 unspecified atom stereocenters. The van der Waals surface area contributed by atoms with Crippen LogP contribution in [0.15, 0.2) is 46.9 Å². The molecule has 0 spiro atoms. The number of methoxy groups -OCH3 is 1. The normalized spacial score (nSPS) is 10.9. The number of rotatable bonds is 5. The molecule has 0 saturated heterocycles. The first-order valence-electron chi connectivity index (χ1n) is 7.91.